The van der Waals surface area contributed by atoms with Crippen LogP contribution < -0.4 is 0 Å². The molecule has 0 aliphatic rings. The van der Waals surface area contributed by atoms with E-state index >= 15 is 0 Å². The topological polar surface area (TPSA) is 78.9 Å². The Morgan fingerprint density at radius 1 is 0.356 bits per heavy atom. The molecule has 0 aromatic carbocycles. The van der Waals surface area contributed by atoms with E-state index in [2.05, 4.69) is 106 Å². The summed E-state index contributed by atoms with van der Waals surface area (Å²) in [6, 6.07) is 0. The molecule has 0 fully saturated rings. The fourth-order valence-electron chi connectivity index (χ4n) is 6.26. The van der Waals surface area contributed by atoms with Gasteiger partial charge in [-0.1, -0.05) is 183 Å². The molecule has 6 heteroatoms. The van der Waals surface area contributed by atoms with Gasteiger partial charge in [0.2, 0.25) is 0 Å². The molecule has 0 saturated carbocycles. The second-order valence-electron chi connectivity index (χ2n) is 15.6. The van der Waals surface area contributed by atoms with Crippen molar-refractivity contribution >= 4 is 17.9 Å². The highest BCUT2D eigenvalue weighted by atomic mass is 16.6. The number of allylic oxidation sites excluding steroid dienone is 14. The highest BCUT2D eigenvalue weighted by molar-refractivity contribution is 5.71. The molecule has 0 aliphatic heterocycles. The number of carbonyl (C=O) groups excluding carboxylic acids is 3. The molecule has 0 rings (SSSR count). The first-order valence-electron chi connectivity index (χ1n) is 24.1. The molecule has 0 N–H and O–H groups in total. The third-order valence-corrected chi connectivity index (χ3v) is 9.88. The SMILES string of the molecule is CC/C=C\C/C=C\C/C=C\C/C=C\CCCCC(=O)OC(COC(=O)CCCCCCCCC)COC(=O)CCCCCCCC/C=C\C/C=C\C/C=C\CCCCC. The molecule has 1 atom stereocenters. The Labute approximate surface area is 363 Å². The maximum absolute atomic E-state index is 12.7. The smallest absolute Gasteiger partial charge is 0.306 e. The maximum Gasteiger partial charge on any atom is 0.306 e. The average Bonchev–Trinajstić information content (AvgIpc) is 3.23. The minimum absolute atomic E-state index is 0.0982. The molecule has 0 aliphatic carbocycles. The van der Waals surface area contributed by atoms with Crippen molar-refractivity contribution in [3.63, 3.8) is 0 Å². The largest absolute Gasteiger partial charge is 0.462 e. The molecule has 1 unspecified atom stereocenters. The molecule has 0 radical (unpaired) electrons. The fourth-order valence-corrected chi connectivity index (χ4v) is 6.26. The molecule has 0 aromatic rings. The summed E-state index contributed by atoms with van der Waals surface area (Å²) in [6.45, 7) is 6.39. The first kappa shape index (κ1) is 55.6. The third kappa shape index (κ3) is 45.5. The predicted molar refractivity (Wildman–Crippen MR) is 251 cm³/mol. The van der Waals surface area contributed by atoms with Crippen LogP contribution in [-0.2, 0) is 28.6 Å². The summed E-state index contributed by atoms with van der Waals surface area (Å²) in [5.41, 5.74) is 0. The third-order valence-electron chi connectivity index (χ3n) is 9.88. The molecule has 6 nitrogen and oxygen atoms in total. The lowest BCUT2D eigenvalue weighted by Gasteiger charge is -2.18. The minimum Gasteiger partial charge on any atom is -0.462 e. The molecule has 0 saturated heterocycles. The van der Waals surface area contributed by atoms with Crippen molar-refractivity contribution in [2.75, 3.05) is 13.2 Å². The fraction of sp³-hybridized carbons (Fsp3) is 0.679. The normalized spacial score (nSPS) is 12.8. The van der Waals surface area contributed by atoms with Crippen LogP contribution >= 0.6 is 0 Å². The number of hydrogen-bond acceptors (Lipinski definition) is 6. The van der Waals surface area contributed by atoms with Gasteiger partial charge < -0.3 is 14.2 Å². The van der Waals surface area contributed by atoms with Crippen molar-refractivity contribution in [1.29, 1.82) is 0 Å². The van der Waals surface area contributed by atoms with Crippen LogP contribution in [-0.4, -0.2) is 37.2 Å². The quantitative estimate of drug-likeness (QED) is 0.0264. The second kappa shape index (κ2) is 47.3. The van der Waals surface area contributed by atoms with Crippen molar-refractivity contribution in [2.45, 2.75) is 219 Å². The number of unbranched alkanes of at least 4 members (excludes halogenated alkanes) is 17. The summed E-state index contributed by atoms with van der Waals surface area (Å²) in [6.07, 6.45) is 60.1. The van der Waals surface area contributed by atoms with Crippen LogP contribution in [0.1, 0.15) is 213 Å². The van der Waals surface area contributed by atoms with E-state index in [1.807, 2.05) is 0 Å². The molecule has 336 valence electrons. The zero-order valence-electron chi connectivity index (χ0n) is 38.2. The van der Waals surface area contributed by atoms with E-state index in [0.717, 1.165) is 96.3 Å². The van der Waals surface area contributed by atoms with Gasteiger partial charge in [0.05, 0.1) is 0 Å². The summed E-state index contributed by atoms with van der Waals surface area (Å²) in [7, 11) is 0. The van der Waals surface area contributed by atoms with Crippen LogP contribution in [0.15, 0.2) is 85.1 Å². The van der Waals surface area contributed by atoms with Gasteiger partial charge in [-0.05, 0) is 96.3 Å². The number of hydrogen-bond donors (Lipinski definition) is 0. The van der Waals surface area contributed by atoms with Crippen molar-refractivity contribution < 1.29 is 28.6 Å². The Bertz CT molecular complexity index is 1170. The van der Waals surface area contributed by atoms with Gasteiger partial charge >= 0.3 is 17.9 Å². The monoisotopic (exact) mass is 821 g/mol. The Kier molecular flexibility index (Phi) is 44.5. The van der Waals surface area contributed by atoms with Crippen LogP contribution in [0.2, 0.25) is 0 Å². The van der Waals surface area contributed by atoms with E-state index in [1.165, 1.54) is 70.6 Å². The van der Waals surface area contributed by atoms with E-state index in [9.17, 15) is 14.4 Å². The maximum atomic E-state index is 12.7. The van der Waals surface area contributed by atoms with Crippen molar-refractivity contribution in [2.24, 2.45) is 0 Å². The number of rotatable bonds is 42. The summed E-state index contributed by atoms with van der Waals surface area (Å²) in [4.78, 5) is 37.7. The first-order chi connectivity index (χ1) is 29.0. The van der Waals surface area contributed by atoms with Gasteiger partial charge in [-0.3, -0.25) is 14.4 Å². The van der Waals surface area contributed by atoms with Gasteiger partial charge in [-0.25, -0.2) is 0 Å². The van der Waals surface area contributed by atoms with Crippen LogP contribution in [0.3, 0.4) is 0 Å². The number of ether oxygens (including phenoxy) is 3. The van der Waals surface area contributed by atoms with Crippen molar-refractivity contribution in [3.05, 3.63) is 85.1 Å². The van der Waals surface area contributed by atoms with Gasteiger partial charge in [0, 0.05) is 19.3 Å². The van der Waals surface area contributed by atoms with Crippen LogP contribution in [0.25, 0.3) is 0 Å². The predicted octanol–water partition coefficient (Wildman–Crippen LogP) is 15.6. The molecule has 0 spiro atoms. The number of carbonyl (C=O) groups is 3. The molecule has 59 heavy (non-hydrogen) atoms. The zero-order chi connectivity index (χ0) is 43.0. The van der Waals surface area contributed by atoms with Crippen LogP contribution in [0.5, 0.6) is 0 Å². The molecular formula is C53H88O6. The van der Waals surface area contributed by atoms with E-state index < -0.39 is 6.10 Å². The lowest BCUT2D eigenvalue weighted by molar-refractivity contribution is -0.167. The molecule has 0 aromatic heterocycles. The van der Waals surface area contributed by atoms with E-state index in [0.29, 0.717) is 19.3 Å². The highest BCUT2D eigenvalue weighted by Gasteiger charge is 2.19. The Balaban J connectivity index is 4.37. The van der Waals surface area contributed by atoms with Gasteiger partial charge in [0.25, 0.3) is 0 Å². The lowest BCUT2D eigenvalue weighted by Crippen LogP contribution is -2.30. The molecular weight excluding hydrogens is 733 g/mol. The minimum atomic E-state index is -0.800. The Morgan fingerprint density at radius 2 is 0.661 bits per heavy atom. The molecule has 0 heterocycles. The first-order valence-corrected chi connectivity index (χ1v) is 24.1. The van der Waals surface area contributed by atoms with E-state index in [-0.39, 0.29) is 37.5 Å². The summed E-state index contributed by atoms with van der Waals surface area (Å²) < 4.78 is 16.6. The standard InChI is InChI=1S/C53H88O6/c1-4-7-10-13-16-18-20-22-24-25-26-27-29-30-32-34-37-40-43-46-52(55)58-49-50(48-57-51(54)45-42-39-36-15-12-9-6-3)59-53(56)47-44-41-38-35-33-31-28-23-21-19-17-14-11-8-5-2/h8,11,16-19,22-24,26-28,33,35,50H,4-7,9-10,12-15,20-21,25,29-32,34,36-49H2,1-3H3/b11-8-,18-16-,19-17-,24-22-,27-26-,28-23-,35-33-. The Morgan fingerprint density at radius 3 is 1.10 bits per heavy atom. The summed E-state index contributed by atoms with van der Waals surface area (Å²) in [5.74, 6) is -0.965. The second-order valence-corrected chi connectivity index (χ2v) is 15.6. The van der Waals surface area contributed by atoms with Crippen molar-refractivity contribution in [3.8, 4) is 0 Å². The van der Waals surface area contributed by atoms with Gasteiger partial charge in [-0.15, -0.1) is 0 Å². The highest BCUT2D eigenvalue weighted by Crippen LogP contribution is 2.12. The summed E-state index contributed by atoms with van der Waals surface area (Å²) >= 11 is 0. The Hall–Kier alpha value is -3.41. The lowest BCUT2D eigenvalue weighted by atomic mass is 10.1. The van der Waals surface area contributed by atoms with E-state index in [4.69, 9.17) is 14.2 Å². The summed E-state index contributed by atoms with van der Waals surface area (Å²) in [5, 5.41) is 0. The zero-order valence-corrected chi connectivity index (χ0v) is 38.2. The van der Waals surface area contributed by atoms with Gasteiger partial charge in [0.1, 0.15) is 13.2 Å². The average molecular weight is 821 g/mol. The van der Waals surface area contributed by atoms with Gasteiger partial charge in [-0.2, -0.15) is 0 Å². The van der Waals surface area contributed by atoms with Crippen LogP contribution in [0.4, 0.5) is 0 Å². The van der Waals surface area contributed by atoms with E-state index in [1.54, 1.807) is 0 Å². The van der Waals surface area contributed by atoms with Crippen molar-refractivity contribution in [1.82, 2.24) is 0 Å². The molecule has 0 amide bonds. The van der Waals surface area contributed by atoms with Crippen LogP contribution in [0, 0.1) is 0 Å². The number of esters is 3. The molecule has 0 bridgehead atoms. The van der Waals surface area contributed by atoms with Gasteiger partial charge in [0.15, 0.2) is 6.10 Å².